The van der Waals surface area contributed by atoms with Crippen LogP contribution in [0.15, 0.2) is 66.9 Å². The summed E-state index contributed by atoms with van der Waals surface area (Å²) in [4.78, 5) is 5.03. The van der Waals surface area contributed by atoms with Crippen molar-refractivity contribution in [2.45, 2.75) is 41.5 Å². The minimum atomic E-state index is 1.04. The highest BCUT2D eigenvalue weighted by molar-refractivity contribution is 5.86. The van der Waals surface area contributed by atoms with E-state index in [1.165, 1.54) is 61.2 Å². The lowest BCUT2D eigenvalue weighted by Gasteiger charge is -2.16. The van der Waals surface area contributed by atoms with E-state index in [1.807, 2.05) is 6.20 Å². The Morgan fingerprint density at radius 2 is 1.03 bits per heavy atom. The molecule has 0 aliphatic heterocycles. The van der Waals surface area contributed by atoms with Crippen molar-refractivity contribution in [3.8, 4) is 33.5 Å². The van der Waals surface area contributed by atoms with Crippen LogP contribution < -0.4 is 0 Å². The molecular weight excluding hydrogens is 362 g/mol. The summed E-state index contributed by atoms with van der Waals surface area (Å²) in [6.07, 6.45) is 2.04. The number of pyridine rings is 1. The summed E-state index contributed by atoms with van der Waals surface area (Å²) in [6.45, 7) is 13.0. The van der Waals surface area contributed by atoms with Gasteiger partial charge in [0, 0.05) is 22.9 Å². The topological polar surface area (TPSA) is 12.9 Å². The largest absolute Gasteiger partial charge is 0.255 e. The molecular formula is C29H29N. The molecule has 1 heteroatoms. The predicted molar refractivity (Wildman–Crippen MR) is 129 cm³/mol. The van der Waals surface area contributed by atoms with E-state index in [0.29, 0.717) is 0 Å². The first-order chi connectivity index (χ1) is 14.3. The summed E-state index contributed by atoms with van der Waals surface area (Å²) in [5.41, 5.74) is 14.7. The standard InChI is InChI=1S/C29H29N/c1-18-10-19(2)13-24(12-18)27-16-26(28-22(5)8-7-9-23(28)6)17-30-29(27)25-14-20(3)11-21(4)15-25/h7-17H,1-6H3. The Morgan fingerprint density at radius 3 is 1.57 bits per heavy atom. The van der Waals surface area contributed by atoms with Gasteiger partial charge in [-0.25, -0.2) is 0 Å². The average Bonchev–Trinajstić information content (AvgIpc) is 2.66. The second-order valence-corrected chi connectivity index (χ2v) is 8.64. The first-order valence-corrected chi connectivity index (χ1v) is 10.6. The minimum Gasteiger partial charge on any atom is -0.255 e. The molecule has 4 aromatic rings. The SMILES string of the molecule is Cc1cc(C)cc(-c2cc(-c3c(C)cccc3C)cnc2-c2cc(C)cc(C)c2)c1. The van der Waals surface area contributed by atoms with Crippen LogP contribution >= 0.6 is 0 Å². The van der Waals surface area contributed by atoms with Crippen LogP contribution in [-0.2, 0) is 0 Å². The number of benzene rings is 3. The smallest absolute Gasteiger partial charge is 0.0780 e. The molecule has 0 N–H and O–H groups in total. The van der Waals surface area contributed by atoms with Crippen molar-refractivity contribution >= 4 is 0 Å². The molecule has 30 heavy (non-hydrogen) atoms. The summed E-state index contributed by atoms with van der Waals surface area (Å²) in [6, 6.07) is 22.2. The van der Waals surface area contributed by atoms with E-state index >= 15 is 0 Å². The Kier molecular flexibility index (Phi) is 5.30. The van der Waals surface area contributed by atoms with Gasteiger partial charge in [-0.2, -0.15) is 0 Å². The first kappa shape index (κ1) is 20.1. The normalized spacial score (nSPS) is 11.0. The van der Waals surface area contributed by atoms with Crippen molar-refractivity contribution in [2.24, 2.45) is 0 Å². The molecule has 0 unspecified atom stereocenters. The Hall–Kier alpha value is -3.19. The fourth-order valence-corrected chi connectivity index (χ4v) is 4.56. The van der Waals surface area contributed by atoms with Gasteiger partial charge in [-0.1, -0.05) is 64.7 Å². The van der Waals surface area contributed by atoms with Crippen LogP contribution in [0.3, 0.4) is 0 Å². The maximum absolute atomic E-state index is 5.03. The molecule has 0 radical (unpaired) electrons. The molecule has 0 saturated heterocycles. The third-order valence-corrected chi connectivity index (χ3v) is 5.69. The number of rotatable bonds is 3. The van der Waals surface area contributed by atoms with Crippen LogP contribution in [-0.4, -0.2) is 4.98 Å². The molecule has 1 heterocycles. The van der Waals surface area contributed by atoms with E-state index in [0.717, 1.165) is 5.69 Å². The van der Waals surface area contributed by atoms with E-state index in [2.05, 4.69) is 102 Å². The molecule has 4 rings (SSSR count). The molecule has 3 aromatic carbocycles. The van der Waals surface area contributed by atoms with Crippen molar-refractivity contribution in [1.29, 1.82) is 0 Å². The molecule has 0 aliphatic carbocycles. The zero-order valence-electron chi connectivity index (χ0n) is 18.8. The summed E-state index contributed by atoms with van der Waals surface area (Å²) in [5, 5.41) is 0. The second kappa shape index (κ2) is 7.91. The number of nitrogens with zero attached hydrogens (tertiary/aromatic N) is 1. The second-order valence-electron chi connectivity index (χ2n) is 8.64. The molecule has 150 valence electrons. The van der Waals surface area contributed by atoms with Crippen molar-refractivity contribution < 1.29 is 0 Å². The number of aryl methyl sites for hydroxylation is 6. The molecule has 0 bridgehead atoms. The van der Waals surface area contributed by atoms with Crippen LogP contribution in [0.5, 0.6) is 0 Å². The summed E-state index contributed by atoms with van der Waals surface area (Å²) >= 11 is 0. The Labute approximate surface area is 180 Å². The fraction of sp³-hybridized carbons (Fsp3) is 0.207. The molecule has 0 aliphatic rings. The van der Waals surface area contributed by atoms with Gasteiger partial charge in [0.25, 0.3) is 0 Å². The summed E-state index contributed by atoms with van der Waals surface area (Å²) in [5.74, 6) is 0. The summed E-state index contributed by atoms with van der Waals surface area (Å²) in [7, 11) is 0. The van der Waals surface area contributed by atoms with Crippen molar-refractivity contribution in [2.75, 3.05) is 0 Å². The molecule has 0 amide bonds. The number of aromatic nitrogens is 1. The van der Waals surface area contributed by atoms with Gasteiger partial charge in [-0.15, -0.1) is 0 Å². The number of hydrogen-bond donors (Lipinski definition) is 0. The lowest BCUT2D eigenvalue weighted by Crippen LogP contribution is -1.95. The van der Waals surface area contributed by atoms with Crippen molar-refractivity contribution in [3.05, 3.63) is 100 Å². The van der Waals surface area contributed by atoms with Gasteiger partial charge in [0.15, 0.2) is 0 Å². The van der Waals surface area contributed by atoms with E-state index < -0.39 is 0 Å². The molecule has 0 fully saturated rings. The predicted octanol–water partition coefficient (Wildman–Crippen LogP) is 7.93. The van der Waals surface area contributed by atoms with Gasteiger partial charge < -0.3 is 0 Å². The highest BCUT2D eigenvalue weighted by atomic mass is 14.7. The Morgan fingerprint density at radius 1 is 0.533 bits per heavy atom. The zero-order chi connectivity index (χ0) is 21.4. The minimum absolute atomic E-state index is 1.04. The van der Waals surface area contributed by atoms with Crippen LogP contribution in [0.2, 0.25) is 0 Å². The first-order valence-electron chi connectivity index (χ1n) is 10.6. The maximum Gasteiger partial charge on any atom is 0.0780 e. The van der Waals surface area contributed by atoms with Crippen LogP contribution in [0, 0.1) is 41.5 Å². The van der Waals surface area contributed by atoms with Gasteiger partial charge in [0.05, 0.1) is 5.69 Å². The molecule has 1 nitrogen and oxygen atoms in total. The van der Waals surface area contributed by atoms with Gasteiger partial charge in [0.1, 0.15) is 0 Å². The number of hydrogen-bond acceptors (Lipinski definition) is 1. The van der Waals surface area contributed by atoms with Crippen molar-refractivity contribution in [3.63, 3.8) is 0 Å². The van der Waals surface area contributed by atoms with E-state index in [9.17, 15) is 0 Å². The van der Waals surface area contributed by atoms with E-state index in [1.54, 1.807) is 0 Å². The third-order valence-electron chi connectivity index (χ3n) is 5.69. The van der Waals surface area contributed by atoms with Crippen molar-refractivity contribution in [1.82, 2.24) is 4.98 Å². The molecule has 0 atom stereocenters. The molecule has 0 saturated carbocycles. The molecule has 1 aromatic heterocycles. The van der Waals surface area contributed by atoms with E-state index in [-0.39, 0.29) is 0 Å². The van der Waals surface area contributed by atoms with Crippen LogP contribution in [0.1, 0.15) is 33.4 Å². The maximum atomic E-state index is 5.03. The monoisotopic (exact) mass is 391 g/mol. The lowest BCUT2D eigenvalue weighted by atomic mass is 9.91. The summed E-state index contributed by atoms with van der Waals surface area (Å²) < 4.78 is 0. The fourth-order valence-electron chi connectivity index (χ4n) is 4.56. The average molecular weight is 392 g/mol. The van der Waals surface area contributed by atoms with Gasteiger partial charge >= 0.3 is 0 Å². The lowest BCUT2D eigenvalue weighted by molar-refractivity contribution is 1.28. The Balaban J connectivity index is 2.01. The zero-order valence-corrected chi connectivity index (χ0v) is 18.8. The quantitative estimate of drug-likeness (QED) is 0.345. The van der Waals surface area contributed by atoms with Crippen LogP contribution in [0.25, 0.3) is 33.5 Å². The van der Waals surface area contributed by atoms with E-state index in [4.69, 9.17) is 4.98 Å². The molecule has 0 spiro atoms. The highest BCUT2D eigenvalue weighted by Gasteiger charge is 2.15. The van der Waals surface area contributed by atoms with Gasteiger partial charge in [0.2, 0.25) is 0 Å². The highest BCUT2D eigenvalue weighted by Crippen LogP contribution is 2.37. The Bertz CT molecular complexity index is 1190. The third kappa shape index (κ3) is 3.93. The van der Waals surface area contributed by atoms with Gasteiger partial charge in [-0.05, 0) is 82.0 Å². The van der Waals surface area contributed by atoms with Crippen LogP contribution in [0.4, 0.5) is 0 Å². The van der Waals surface area contributed by atoms with Gasteiger partial charge in [-0.3, -0.25) is 4.98 Å².